The summed E-state index contributed by atoms with van der Waals surface area (Å²) in [7, 11) is 0. The summed E-state index contributed by atoms with van der Waals surface area (Å²) in [6, 6.07) is 6.29. The molecule has 0 spiro atoms. The van der Waals surface area contributed by atoms with Crippen molar-refractivity contribution in [2.75, 3.05) is 0 Å². The third kappa shape index (κ3) is 2.06. The highest BCUT2D eigenvalue weighted by Gasteiger charge is 2.47. The zero-order chi connectivity index (χ0) is 13.7. The molecule has 2 unspecified atom stereocenters. The first kappa shape index (κ1) is 12.7. The highest BCUT2D eigenvalue weighted by Crippen LogP contribution is 2.48. The maximum absolute atomic E-state index is 11.1. The van der Waals surface area contributed by atoms with Crippen LogP contribution in [-0.2, 0) is 4.79 Å². The largest absolute Gasteiger partial charge is 0.481 e. The van der Waals surface area contributed by atoms with E-state index in [1.807, 2.05) is 18.2 Å². The monoisotopic (exact) mass is 322 g/mol. The standard InChI is InChI=1S/C14H15BrN2O2/c1-7(2)17-12-4-3-8(15)5-11(12)16-13(17)9-6-10(9)14(18)19/h3-5,7,9-10H,6H2,1-2H3,(H,18,19). The van der Waals surface area contributed by atoms with Crippen molar-refractivity contribution in [3.05, 3.63) is 28.5 Å². The Morgan fingerprint density at radius 1 is 1.53 bits per heavy atom. The van der Waals surface area contributed by atoms with Crippen LogP contribution in [0.1, 0.15) is 38.1 Å². The predicted octanol–water partition coefficient (Wildman–Crippen LogP) is 3.57. The van der Waals surface area contributed by atoms with Crippen LogP contribution in [0.2, 0.25) is 0 Å². The number of aromatic nitrogens is 2. The Kier molecular flexibility index (Phi) is 2.89. The Morgan fingerprint density at radius 2 is 2.26 bits per heavy atom. The second-order valence-corrected chi connectivity index (χ2v) is 6.27. The molecule has 1 heterocycles. The normalized spacial score (nSPS) is 22.1. The van der Waals surface area contributed by atoms with E-state index in [1.165, 1.54) is 0 Å². The van der Waals surface area contributed by atoms with Crippen LogP contribution in [0.5, 0.6) is 0 Å². The summed E-state index contributed by atoms with van der Waals surface area (Å²) in [6.45, 7) is 4.20. The molecule has 1 aromatic carbocycles. The van der Waals surface area contributed by atoms with Crippen LogP contribution in [0, 0.1) is 5.92 Å². The van der Waals surface area contributed by atoms with Gasteiger partial charge in [-0.3, -0.25) is 4.79 Å². The van der Waals surface area contributed by atoms with Crippen LogP contribution in [0.25, 0.3) is 11.0 Å². The van der Waals surface area contributed by atoms with Crippen LogP contribution in [0.15, 0.2) is 22.7 Å². The molecule has 1 aliphatic carbocycles. The lowest BCUT2D eigenvalue weighted by atomic mass is 10.2. The van der Waals surface area contributed by atoms with Gasteiger partial charge >= 0.3 is 5.97 Å². The van der Waals surface area contributed by atoms with Gasteiger partial charge in [-0.25, -0.2) is 4.98 Å². The molecule has 1 N–H and O–H groups in total. The summed E-state index contributed by atoms with van der Waals surface area (Å²) in [5.41, 5.74) is 2.00. The van der Waals surface area contributed by atoms with Crippen molar-refractivity contribution in [2.45, 2.75) is 32.2 Å². The number of fused-ring (bicyclic) bond motifs is 1. The Morgan fingerprint density at radius 3 is 2.84 bits per heavy atom. The zero-order valence-electron chi connectivity index (χ0n) is 10.8. The molecule has 1 aliphatic rings. The van der Waals surface area contributed by atoms with Gasteiger partial charge in [0, 0.05) is 16.4 Å². The van der Waals surface area contributed by atoms with Crippen LogP contribution < -0.4 is 0 Å². The number of nitrogens with zero attached hydrogens (tertiary/aromatic N) is 2. The number of aliphatic carboxylic acids is 1. The summed E-state index contributed by atoms with van der Waals surface area (Å²) in [6.07, 6.45) is 0.701. The van der Waals surface area contributed by atoms with Crippen LogP contribution >= 0.6 is 15.9 Å². The smallest absolute Gasteiger partial charge is 0.307 e. The minimum absolute atomic E-state index is 0.0612. The molecule has 0 saturated heterocycles. The van der Waals surface area contributed by atoms with Crippen molar-refractivity contribution in [1.29, 1.82) is 0 Å². The molecule has 0 amide bonds. The van der Waals surface area contributed by atoms with Gasteiger partial charge in [-0.2, -0.15) is 0 Å². The average molecular weight is 323 g/mol. The van der Waals surface area contributed by atoms with Gasteiger partial charge in [0.05, 0.1) is 17.0 Å². The Labute approximate surface area is 119 Å². The Hall–Kier alpha value is -1.36. The van der Waals surface area contributed by atoms with Crippen molar-refractivity contribution in [1.82, 2.24) is 9.55 Å². The van der Waals surface area contributed by atoms with Gasteiger partial charge < -0.3 is 9.67 Å². The molecule has 5 heteroatoms. The molecule has 2 aromatic rings. The summed E-state index contributed by atoms with van der Waals surface area (Å²) in [5.74, 6) is -0.00660. The number of benzene rings is 1. The molecule has 4 nitrogen and oxygen atoms in total. The van der Waals surface area contributed by atoms with E-state index in [-0.39, 0.29) is 17.9 Å². The first-order chi connectivity index (χ1) is 8.99. The number of halogens is 1. The topological polar surface area (TPSA) is 55.1 Å². The lowest BCUT2D eigenvalue weighted by molar-refractivity contribution is -0.138. The summed E-state index contributed by atoms with van der Waals surface area (Å²) in [5, 5.41) is 9.09. The molecule has 1 aromatic heterocycles. The SMILES string of the molecule is CC(C)n1c(C2CC2C(=O)O)nc2cc(Br)ccc21. The summed E-state index contributed by atoms with van der Waals surface area (Å²) < 4.78 is 3.15. The van der Waals surface area contributed by atoms with E-state index in [2.05, 4.69) is 39.3 Å². The molecule has 1 fully saturated rings. The predicted molar refractivity (Wildman–Crippen MR) is 76.3 cm³/mol. The lowest BCUT2D eigenvalue weighted by Gasteiger charge is -2.12. The molecular formula is C14H15BrN2O2. The summed E-state index contributed by atoms with van der Waals surface area (Å²) >= 11 is 3.45. The maximum atomic E-state index is 11.1. The fourth-order valence-corrected chi connectivity index (χ4v) is 3.00. The van der Waals surface area contributed by atoms with Gasteiger partial charge in [-0.15, -0.1) is 0 Å². The van der Waals surface area contributed by atoms with Gasteiger partial charge in [0.25, 0.3) is 0 Å². The first-order valence-corrected chi connectivity index (χ1v) is 7.18. The van der Waals surface area contributed by atoms with Gasteiger partial charge in [0.15, 0.2) is 0 Å². The van der Waals surface area contributed by atoms with E-state index in [0.717, 1.165) is 21.3 Å². The second kappa shape index (κ2) is 4.34. The highest BCUT2D eigenvalue weighted by molar-refractivity contribution is 9.10. The molecule has 19 heavy (non-hydrogen) atoms. The number of hydrogen-bond donors (Lipinski definition) is 1. The highest BCUT2D eigenvalue weighted by atomic mass is 79.9. The maximum Gasteiger partial charge on any atom is 0.307 e. The van der Waals surface area contributed by atoms with Gasteiger partial charge in [-0.05, 0) is 38.5 Å². The lowest BCUT2D eigenvalue weighted by Crippen LogP contribution is -2.08. The van der Waals surface area contributed by atoms with E-state index in [0.29, 0.717) is 6.42 Å². The summed E-state index contributed by atoms with van der Waals surface area (Å²) in [4.78, 5) is 15.7. The minimum Gasteiger partial charge on any atom is -0.481 e. The molecular weight excluding hydrogens is 308 g/mol. The molecule has 2 atom stereocenters. The molecule has 0 bridgehead atoms. The molecule has 100 valence electrons. The van der Waals surface area contributed by atoms with Gasteiger partial charge in [0.1, 0.15) is 5.82 Å². The number of rotatable bonds is 3. The number of carboxylic acids is 1. The van der Waals surface area contributed by atoms with E-state index in [1.54, 1.807) is 0 Å². The Bertz CT molecular complexity index is 663. The van der Waals surface area contributed by atoms with Crippen molar-refractivity contribution in [3.63, 3.8) is 0 Å². The van der Waals surface area contributed by atoms with Crippen molar-refractivity contribution >= 4 is 32.9 Å². The third-order valence-corrected chi connectivity index (χ3v) is 4.13. The van der Waals surface area contributed by atoms with Gasteiger partial charge in [0.2, 0.25) is 0 Å². The Balaban J connectivity index is 2.13. The van der Waals surface area contributed by atoms with Gasteiger partial charge in [-0.1, -0.05) is 15.9 Å². The number of hydrogen-bond acceptors (Lipinski definition) is 2. The van der Waals surface area contributed by atoms with E-state index in [4.69, 9.17) is 5.11 Å². The molecule has 3 rings (SSSR count). The van der Waals surface area contributed by atoms with E-state index >= 15 is 0 Å². The minimum atomic E-state index is -0.714. The van der Waals surface area contributed by atoms with Crippen molar-refractivity contribution < 1.29 is 9.90 Å². The third-order valence-electron chi connectivity index (χ3n) is 3.63. The van der Waals surface area contributed by atoms with Crippen molar-refractivity contribution in [2.24, 2.45) is 5.92 Å². The number of carboxylic acid groups (broad SMARTS) is 1. The van der Waals surface area contributed by atoms with Crippen LogP contribution in [0.3, 0.4) is 0 Å². The average Bonchev–Trinajstić information content (AvgIpc) is 3.03. The quantitative estimate of drug-likeness (QED) is 0.939. The second-order valence-electron chi connectivity index (χ2n) is 5.35. The number of imidazole rings is 1. The fraction of sp³-hybridized carbons (Fsp3) is 0.429. The molecule has 0 aliphatic heterocycles. The number of carbonyl (C=O) groups is 1. The molecule has 1 saturated carbocycles. The molecule has 0 radical (unpaired) electrons. The van der Waals surface area contributed by atoms with Crippen LogP contribution in [-0.4, -0.2) is 20.6 Å². The van der Waals surface area contributed by atoms with Crippen LogP contribution in [0.4, 0.5) is 0 Å². The van der Waals surface area contributed by atoms with Crippen molar-refractivity contribution in [3.8, 4) is 0 Å². The van der Waals surface area contributed by atoms with E-state index in [9.17, 15) is 4.79 Å². The zero-order valence-corrected chi connectivity index (χ0v) is 12.4. The fourth-order valence-electron chi connectivity index (χ4n) is 2.65. The first-order valence-electron chi connectivity index (χ1n) is 6.39. The van der Waals surface area contributed by atoms with E-state index < -0.39 is 5.97 Å².